The molecular formula is C8H13N3O. The van der Waals surface area contributed by atoms with Crippen LogP contribution >= 0.6 is 0 Å². The zero-order valence-corrected chi connectivity index (χ0v) is 7.16. The maximum Gasteiger partial charge on any atom is 0.229 e. The number of hydrogen-bond acceptors (Lipinski definition) is 4. The Morgan fingerprint density at radius 1 is 1.67 bits per heavy atom. The van der Waals surface area contributed by atoms with E-state index in [9.17, 15) is 0 Å². The van der Waals surface area contributed by atoms with Crippen molar-refractivity contribution in [3.05, 3.63) is 12.3 Å². The van der Waals surface area contributed by atoms with Crippen molar-refractivity contribution in [1.29, 1.82) is 0 Å². The molecule has 4 nitrogen and oxygen atoms in total. The van der Waals surface area contributed by atoms with Gasteiger partial charge in [0.2, 0.25) is 12.3 Å². The van der Waals surface area contributed by atoms with E-state index in [1.165, 1.54) is 19.2 Å². The zero-order chi connectivity index (χ0) is 8.39. The van der Waals surface area contributed by atoms with Gasteiger partial charge in [-0.05, 0) is 18.8 Å². The molecule has 1 aliphatic rings. The Bertz CT molecular complexity index is 234. The van der Waals surface area contributed by atoms with Gasteiger partial charge in [-0.25, -0.2) is 0 Å². The molecule has 1 saturated carbocycles. The van der Waals surface area contributed by atoms with Gasteiger partial charge in [0.15, 0.2) is 0 Å². The molecule has 66 valence electrons. The molecular weight excluding hydrogens is 154 g/mol. The van der Waals surface area contributed by atoms with Gasteiger partial charge >= 0.3 is 0 Å². The van der Waals surface area contributed by atoms with Gasteiger partial charge in [-0.1, -0.05) is 6.92 Å². The van der Waals surface area contributed by atoms with E-state index in [-0.39, 0.29) is 0 Å². The number of nitrogens with zero attached hydrogens (tertiary/aromatic N) is 2. The Labute approximate surface area is 71.4 Å². The molecule has 0 saturated heterocycles. The summed E-state index contributed by atoms with van der Waals surface area (Å²) >= 11 is 0. The normalized spacial score (nSPS) is 28.4. The van der Waals surface area contributed by atoms with E-state index in [1.807, 2.05) is 0 Å². The topological polar surface area (TPSA) is 51.0 Å². The monoisotopic (exact) mass is 167 g/mol. The fourth-order valence-electron chi connectivity index (χ4n) is 1.46. The maximum absolute atomic E-state index is 5.00. The van der Waals surface area contributed by atoms with Gasteiger partial charge < -0.3 is 9.73 Å². The highest BCUT2D eigenvalue weighted by Crippen LogP contribution is 2.26. The molecule has 1 heterocycles. The summed E-state index contributed by atoms with van der Waals surface area (Å²) in [5.41, 5.74) is 0. The van der Waals surface area contributed by atoms with E-state index >= 15 is 0 Å². The average Bonchev–Trinajstić information content (AvgIpc) is 2.54. The number of hydrogen-bond donors (Lipinski definition) is 1. The maximum atomic E-state index is 5.00. The van der Waals surface area contributed by atoms with Crippen LogP contribution in [-0.4, -0.2) is 16.2 Å². The Morgan fingerprint density at radius 3 is 3.08 bits per heavy atom. The third kappa shape index (κ3) is 1.48. The van der Waals surface area contributed by atoms with E-state index < -0.39 is 0 Å². The molecule has 0 amide bonds. The van der Waals surface area contributed by atoms with Gasteiger partial charge in [0, 0.05) is 6.04 Å². The van der Waals surface area contributed by atoms with E-state index in [0.29, 0.717) is 18.5 Å². The first kappa shape index (κ1) is 7.73. The van der Waals surface area contributed by atoms with Crippen LogP contribution in [0.3, 0.4) is 0 Å². The molecule has 0 spiro atoms. The van der Waals surface area contributed by atoms with Gasteiger partial charge in [0.25, 0.3) is 0 Å². The summed E-state index contributed by atoms with van der Waals surface area (Å²) in [6, 6.07) is 0.650. The lowest BCUT2D eigenvalue weighted by atomic mass is 9.81. The van der Waals surface area contributed by atoms with Crippen LogP contribution in [-0.2, 0) is 6.54 Å². The quantitative estimate of drug-likeness (QED) is 0.728. The van der Waals surface area contributed by atoms with Crippen LogP contribution in [0.4, 0.5) is 0 Å². The fraction of sp³-hybridized carbons (Fsp3) is 0.750. The number of nitrogens with one attached hydrogen (secondary N) is 1. The Morgan fingerprint density at radius 2 is 2.58 bits per heavy atom. The van der Waals surface area contributed by atoms with E-state index in [4.69, 9.17) is 4.42 Å². The van der Waals surface area contributed by atoms with Crippen molar-refractivity contribution in [1.82, 2.24) is 15.5 Å². The molecule has 2 unspecified atom stereocenters. The second-order valence-electron chi connectivity index (χ2n) is 3.37. The van der Waals surface area contributed by atoms with Gasteiger partial charge in [0.05, 0.1) is 6.54 Å². The smallest absolute Gasteiger partial charge is 0.229 e. The van der Waals surface area contributed by atoms with Gasteiger partial charge in [-0.15, -0.1) is 10.2 Å². The molecule has 0 radical (unpaired) electrons. The van der Waals surface area contributed by atoms with Crippen molar-refractivity contribution in [2.24, 2.45) is 5.92 Å². The fourth-order valence-corrected chi connectivity index (χ4v) is 1.46. The second-order valence-corrected chi connectivity index (χ2v) is 3.37. The highest BCUT2D eigenvalue weighted by Gasteiger charge is 2.26. The standard InChI is InChI=1S/C8H13N3O/c1-6-2-3-7(6)9-4-8-11-10-5-12-8/h5-7,9H,2-4H2,1H3. The molecule has 0 bridgehead atoms. The molecule has 2 atom stereocenters. The molecule has 4 heteroatoms. The molecule has 12 heavy (non-hydrogen) atoms. The third-order valence-corrected chi connectivity index (χ3v) is 2.54. The van der Waals surface area contributed by atoms with Crippen LogP contribution < -0.4 is 5.32 Å². The first-order valence-electron chi connectivity index (χ1n) is 4.34. The summed E-state index contributed by atoms with van der Waals surface area (Å²) < 4.78 is 5.00. The minimum Gasteiger partial charge on any atom is -0.427 e. The summed E-state index contributed by atoms with van der Waals surface area (Å²) in [6.07, 6.45) is 3.97. The average molecular weight is 167 g/mol. The van der Waals surface area contributed by atoms with Gasteiger partial charge in [0.1, 0.15) is 0 Å². The van der Waals surface area contributed by atoms with Crippen molar-refractivity contribution in [2.45, 2.75) is 32.4 Å². The lowest BCUT2D eigenvalue weighted by Gasteiger charge is -2.34. The molecule has 2 rings (SSSR count). The lowest BCUT2D eigenvalue weighted by molar-refractivity contribution is 0.222. The molecule has 1 aliphatic carbocycles. The molecule has 1 fully saturated rings. The summed E-state index contributed by atoms with van der Waals surface area (Å²) in [5, 5.41) is 10.8. The minimum atomic E-state index is 0.650. The van der Waals surface area contributed by atoms with Crippen molar-refractivity contribution in [3.8, 4) is 0 Å². The van der Waals surface area contributed by atoms with Crippen LogP contribution in [0.2, 0.25) is 0 Å². The lowest BCUT2D eigenvalue weighted by Crippen LogP contribution is -2.41. The Balaban J connectivity index is 1.75. The zero-order valence-electron chi connectivity index (χ0n) is 7.16. The van der Waals surface area contributed by atoms with Crippen molar-refractivity contribution in [3.63, 3.8) is 0 Å². The van der Waals surface area contributed by atoms with Crippen LogP contribution in [0.15, 0.2) is 10.8 Å². The van der Waals surface area contributed by atoms with Crippen LogP contribution in [0.1, 0.15) is 25.7 Å². The predicted molar refractivity (Wildman–Crippen MR) is 43.3 cm³/mol. The van der Waals surface area contributed by atoms with Gasteiger partial charge in [-0.2, -0.15) is 0 Å². The summed E-state index contributed by atoms with van der Waals surface area (Å²) in [6.45, 7) is 2.96. The van der Waals surface area contributed by atoms with Crippen molar-refractivity contribution >= 4 is 0 Å². The van der Waals surface area contributed by atoms with Crippen LogP contribution in [0, 0.1) is 5.92 Å². The summed E-state index contributed by atoms with van der Waals surface area (Å²) in [4.78, 5) is 0. The molecule has 0 aromatic carbocycles. The minimum absolute atomic E-state index is 0.650. The van der Waals surface area contributed by atoms with Crippen LogP contribution in [0.25, 0.3) is 0 Å². The molecule has 1 aromatic heterocycles. The SMILES string of the molecule is CC1CCC1NCc1nnco1. The van der Waals surface area contributed by atoms with Crippen molar-refractivity contribution in [2.75, 3.05) is 0 Å². The Hall–Kier alpha value is -0.900. The molecule has 1 N–H and O–H groups in total. The highest BCUT2D eigenvalue weighted by atomic mass is 16.4. The molecule has 0 aliphatic heterocycles. The largest absolute Gasteiger partial charge is 0.427 e. The van der Waals surface area contributed by atoms with Gasteiger partial charge in [-0.3, -0.25) is 0 Å². The number of aromatic nitrogens is 2. The summed E-state index contributed by atoms with van der Waals surface area (Å²) in [7, 11) is 0. The Kier molecular flexibility index (Phi) is 2.08. The highest BCUT2D eigenvalue weighted by molar-refractivity contribution is 4.85. The van der Waals surface area contributed by atoms with Crippen molar-refractivity contribution < 1.29 is 4.42 Å². The van der Waals surface area contributed by atoms with Crippen LogP contribution in [0.5, 0.6) is 0 Å². The first-order chi connectivity index (χ1) is 5.86. The third-order valence-electron chi connectivity index (χ3n) is 2.54. The summed E-state index contributed by atoms with van der Waals surface area (Å²) in [5.74, 6) is 1.47. The second kappa shape index (κ2) is 3.23. The van der Waals surface area contributed by atoms with E-state index in [0.717, 1.165) is 5.92 Å². The van der Waals surface area contributed by atoms with E-state index in [1.54, 1.807) is 0 Å². The predicted octanol–water partition coefficient (Wildman–Crippen LogP) is 0.958. The molecule has 1 aromatic rings. The first-order valence-corrected chi connectivity index (χ1v) is 4.34. The number of rotatable bonds is 3. The van der Waals surface area contributed by atoms with E-state index in [2.05, 4.69) is 22.4 Å².